The Morgan fingerprint density at radius 2 is 1.75 bits per heavy atom. The number of fused-ring (bicyclic) bond motifs is 1. The van der Waals surface area contributed by atoms with Crippen LogP contribution >= 0.6 is 0 Å². The number of esters is 1. The second kappa shape index (κ2) is 6.17. The van der Waals surface area contributed by atoms with Crippen molar-refractivity contribution in [3.8, 4) is 11.5 Å². The van der Waals surface area contributed by atoms with E-state index in [1.165, 1.54) is 0 Å². The van der Waals surface area contributed by atoms with Crippen LogP contribution in [0, 0.1) is 0 Å². The minimum Gasteiger partial charge on any atom is -0.454 e. The van der Waals surface area contributed by atoms with Gasteiger partial charge in [-0.25, -0.2) is 4.79 Å². The fourth-order valence-electron chi connectivity index (χ4n) is 3.28. The number of piperidine rings is 1. The SMILES string of the molecule is O=C(OC1(c2ccccc2)CCNCC1)c1ccc2c(c1)OCO2. The predicted octanol–water partition coefficient (Wildman–Crippen LogP) is 2.85. The summed E-state index contributed by atoms with van der Waals surface area (Å²) in [5, 5.41) is 3.33. The molecule has 0 aliphatic carbocycles. The van der Waals surface area contributed by atoms with Crippen molar-refractivity contribution in [1.82, 2.24) is 5.32 Å². The molecule has 2 aliphatic heterocycles. The molecule has 4 rings (SSSR count). The molecule has 1 fully saturated rings. The molecular formula is C19H19NO4. The van der Waals surface area contributed by atoms with E-state index in [-0.39, 0.29) is 12.8 Å². The molecule has 0 saturated carbocycles. The highest BCUT2D eigenvalue weighted by molar-refractivity contribution is 5.90. The number of hydrogen-bond donors (Lipinski definition) is 1. The van der Waals surface area contributed by atoms with Crippen molar-refractivity contribution in [3.05, 3.63) is 59.7 Å². The molecule has 0 aromatic heterocycles. The van der Waals surface area contributed by atoms with Crippen molar-refractivity contribution < 1.29 is 19.0 Å². The molecule has 0 radical (unpaired) electrons. The molecule has 2 aromatic rings. The molecule has 5 nitrogen and oxygen atoms in total. The first-order valence-corrected chi connectivity index (χ1v) is 8.16. The van der Waals surface area contributed by atoms with Gasteiger partial charge in [0.15, 0.2) is 11.5 Å². The van der Waals surface area contributed by atoms with Crippen molar-refractivity contribution in [2.45, 2.75) is 18.4 Å². The summed E-state index contributed by atoms with van der Waals surface area (Å²) in [7, 11) is 0. The summed E-state index contributed by atoms with van der Waals surface area (Å²) in [5.74, 6) is 0.911. The zero-order chi connectivity index (χ0) is 16.4. The predicted molar refractivity (Wildman–Crippen MR) is 88.2 cm³/mol. The second-order valence-corrected chi connectivity index (χ2v) is 6.07. The Hall–Kier alpha value is -2.53. The van der Waals surface area contributed by atoms with Gasteiger partial charge in [-0.15, -0.1) is 0 Å². The third-order valence-electron chi connectivity index (χ3n) is 4.61. The molecule has 0 spiro atoms. The number of ether oxygens (including phenoxy) is 3. The molecular weight excluding hydrogens is 306 g/mol. The first kappa shape index (κ1) is 15.0. The number of carbonyl (C=O) groups is 1. The lowest BCUT2D eigenvalue weighted by Crippen LogP contribution is -2.43. The lowest BCUT2D eigenvalue weighted by molar-refractivity contribution is -0.0378. The average Bonchev–Trinajstić information content (AvgIpc) is 3.11. The van der Waals surface area contributed by atoms with Crippen molar-refractivity contribution >= 4 is 5.97 Å². The summed E-state index contributed by atoms with van der Waals surface area (Å²) in [4.78, 5) is 12.8. The Balaban J connectivity index is 1.62. The van der Waals surface area contributed by atoms with Gasteiger partial charge in [0, 0.05) is 12.8 Å². The molecule has 1 N–H and O–H groups in total. The van der Waals surface area contributed by atoms with Gasteiger partial charge in [-0.05, 0) is 36.9 Å². The van der Waals surface area contributed by atoms with E-state index < -0.39 is 5.60 Å². The van der Waals surface area contributed by atoms with Crippen molar-refractivity contribution in [1.29, 1.82) is 0 Å². The molecule has 5 heteroatoms. The Kier molecular flexibility index (Phi) is 3.86. The summed E-state index contributed by atoms with van der Waals surface area (Å²) in [5.41, 5.74) is 0.939. The summed E-state index contributed by atoms with van der Waals surface area (Å²) in [6.45, 7) is 1.83. The topological polar surface area (TPSA) is 56.8 Å². The highest BCUT2D eigenvalue weighted by atomic mass is 16.7. The molecule has 0 unspecified atom stereocenters. The quantitative estimate of drug-likeness (QED) is 0.880. The van der Waals surface area contributed by atoms with Crippen LogP contribution in [0.2, 0.25) is 0 Å². The van der Waals surface area contributed by atoms with Gasteiger partial charge in [-0.2, -0.15) is 0 Å². The van der Waals surface area contributed by atoms with Crippen molar-refractivity contribution in [2.24, 2.45) is 0 Å². The minimum absolute atomic E-state index is 0.188. The van der Waals surface area contributed by atoms with Gasteiger partial charge in [0.25, 0.3) is 0 Å². The third-order valence-corrected chi connectivity index (χ3v) is 4.61. The van der Waals surface area contributed by atoms with Crippen molar-refractivity contribution in [3.63, 3.8) is 0 Å². The fourth-order valence-corrected chi connectivity index (χ4v) is 3.28. The number of nitrogens with one attached hydrogen (secondary N) is 1. The van der Waals surface area contributed by atoms with Crippen molar-refractivity contribution in [2.75, 3.05) is 19.9 Å². The highest BCUT2D eigenvalue weighted by Crippen LogP contribution is 2.37. The maximum Gasteiger partial charge on any atom is 0.339 e. The molecule has 124 valence electrons. The minimum atomic E-state index is -0.583. The van der Waals surface area contributed by atoms with E-state index in [1.54, 1.807) is 18.2 Å². The molecule has 2 aliphatic rings. The first-order valence-electron chi connectivity index (χ1n) is 8.16. The van der Waals surface area contributed by atoms with E-state index >= 15 is 0 Å². The van der Waals surface area contributed by atoms with E-state index in [4.69, 9.17) is 14.2 Å². The summed E-state index contributed by atoms with van der Waals surface area (Å²) in [6.07, 6.45) is 1.51. The monoisotopic (exact) mass is 325 g/mol. The number of rotatable bonds is 3. The van der Waals surface area contributed by atoms with Crippen LogP contribution in [0.5, 0.6) is 11.5 Å². The van der Waals surface area contributed by atoms with Crippen LogP contribution < -0.4 is 14.8 Å². The Bertz CT molecular complexity index is 738. The van der Waals surface area contributed by atoms with Crippen LogP contribution in [0.15, 0.2) is 48.5 Å². The van der Waals surface area contributed by atoms with Gasteiger partial charge in [-0.3, -0.25) is 0 Å². The molecule has 24 heavy (non-hydrogen) atoms. The smallest absolute Gasteiger partial charge is 0.339 e. The first-order chi connectivity index (χ1) is 11.8. The van der Waals surface area contributed by atoms with Crippen LogP contribution in [0.1, 0.15) is 28.8 Å². The molecule has 0 atom stereocenters. The lowest BCUT2D eigenvalue weighted by Gasteiger charge is -2.37. The largest absolute Gasteiger partial charge is 0.454 e. The third kappa shape index (κ3) is 2.71. The molecule has 0 amide bonds. The van der Waals surface area contributed by atoms with Gasteiger partial charge in [0.1, 0.15) is 5.60 Å². The maximum absolute atomic E-state index is 12.8. The molecule has 1 saturated heterocycles. The summed E-state index contributed by atoms with van der Waals surface area (Å²) in [6, 6.07) is 15.1. The molecule has 2 aromatic carbocycles. The lowest BCUT2D eigenvalue weighted by atomic mass is 9.84. The Morgan fingerprint density at radius 1 is 1.00 bits per heavy atom. The van der Waals surface area contributed by atoms with Crippen LogP contribution in [-0.4, -0.2) is 25.9 Å². The number of benzene rings is 2. The number of carbonyl (C=O) groups excluding carboxylic acids is 1. The van der Waals surface area contributed by atoms with E-state index in [1.807, 2.05) is 30.3 Å². The highest BCUT2D eigenvalue weighted by Gasteiger charge is 2.38. The Labute approximate surface area is 140 Å². The molecule has 2 heterocycles. The van der Waals surface area contributed by atoms with Crippen LogP contribution in [0.25, 0.3) is 0 Å². The fraction of sp³-hybridized carbons (Fsp3) is 0.316. The van der Waals surface area contributed by atoms with E-state index in [0.29, 0.717) is 17.1 Å². The summed E-state index contributed by atoms with van der Waals surface area (Å²) >= 11 is 0. The van der Waals surface area contributed by atoms with Crippen LogP contribution in [-0.2, 0) is 10.3 Å². The van der Waals surface area contributed by atoms with E-state index in [2.05, 4.69) is 5.32 Å². The van der Waals surface area contributed by atoms with E-state index in [9.17, 15) is 4.79 Å². The summed E-state index contributed by atoms with van der Waals surface area (Å²) < 4.78 is 16.7. The van der Waals surface area contributed by atoms with Gasteiger partial charge >= 0.3 is 5.97 Å². The normalized spacial score (nSPS) is 18.2. The second-order valence-electron chi connectivity index (χ2n) is 6.07. The molecule has 0 bridgehead atoms. The zero-order valence-corrected chi connectivity index (χ0v) is 13.3. The zero-order valence-electron chi connectivity index (χ0n) is 13.3. The van der Waals surface area contributed by atoms with Crippen LogP contribution in [0.4, 0.5) is 0 Å². The van der Waals surface area contributed by atoms with Gasteiger partial charge in [0.2, 0.25) is 6.79 Å². The Morgan fingerprint density at radius 3 is 2.54 bits per heavy atom. The standard InChI is InChI=1S/C19H19NO4/c21-18(14-6-7-16-17(12-14)23-13-22-16)24-19(8-10-20-11-9-19)15-4-2-1-3-5-15/h1-7,12,20H,8-11,13H2. The van der Waals surface area contributed by atoms with Crippen LogP contribution in [0.3, 0.4) is 0 Å². The van der Waals surface area contributed by atoms with Gasteiger partial charge in [-0.1, -0.05) is 30.3 Å². The van der Waals surface area contributed by atoms with E-state index in [0.717, 1.165) is 31.5 Å². The maximum atomic E-state index is 12.8. The van der Waals surface area contributed by atoms with Gasteiger partial charge < -0.3 is 19.5 Å². The number of hydrogen-bond acceptors (Lipinski definition) is 5. The average molecular weight is 325 g/mol. The van der Waals surface area contributed by atoms with Gasteiger partial charge in [0.05, 0.1) is 5.56 Å².